The van der Waals surface area contributed by atoms with E-state index in [1.807, 2.05) is 25.7 Å². The van der Waals surface area contributed by atoms with E-state index in [0.717, 1.165) is 0 Å². The number of nitrogens with zero attached hydrogens (tertiary/aromatic N) is 2. The molecule has 2 rings (SSSR count). The highest BCUT2D eigenvalue weighted by Gasteiger charge is 2.27. The van der Waals surface area contributed by atoms with Crippen LogP contribution < -0.4 is 4.90 Å². The molecule has 0 bridgehead atoms. The van der Waals surface area contributed by atoms with Gasteiger partial charge >= 0.3 is 6.09 Å². The smallest absolute Gasteiger partial charge is 0.410 e. The minimum Gasteiger partial charge on any atom is -0.612 e. The minimum absolute atomic E-state index is 0.339. The van der Waals surface area contributed by atoms with E-state index in [4.69, 9.17) is 4.74 Å². The van der Waals surface area contributed by atoms with Gasteiger partial charge in [-0.15, -0.1) is 0 Å². The van der Waals surface area contributed by atoms with E-state index in [1.54, 1.807) is 17.0 Å². The molecule has 5 nitrogen and oxygen atoms in total. The molecule has 7 heteroatoms. The van der Waals surface area contributed by atoms with E-state index >= 15 is 0 Å². The second kappa shape index (κ2) is 6.97. The summed E-state index contributed by atoms with van der Waals surface area (Å²) in [5.41, 5.74) is -0.0468. The highest BCUT2D eigenvalue weighted by molar-refractivity contribution is 7.90. The Balaban J connectivity index is 1.98. The van der Waals surface area contributed by atoms with Gasteiger partial charge in [-0.25, -0.2) is 9.18 Å². The van der Waals surface area contributed by atoms with Gasteiger partial charge in [0.15, 0.2) is 10.7 Å². The number of carbonyl (C=O) groups excluding carboxylic acids is 1. The predicted octanol–water partition coefficient (Wildman–Crippen LogP) is 2.62. The second-order valence-corrected chi connectivity index (χ2v) is 7.90. The summed E-state index contributed by atoms with van der Waals surface area (Å²) in [6.45, 7) is 7.52. The van der Waals surface area contributed by atoms with Gasteiger partial charge in [-0.2, -0.15) is 0 Å². The number of hydrogen-bond acceptors (Lipinski definition) is 4. The van der Waals surface area contributed by atoms with Crippen LogP contribution in [0.3, 0.4) is 0 Å². The molecule has 0 aliphatic carbocycles. The Kier molecular flexibility index (Phi) is 5.41. The van der Waals surface area contributed by atoms with Crippen LogP contribution in [-0.2, 0) is 15.9 Å². The average molecular weight is 342 g/mol. The molecule has 0 spiro atoms. The SMILES string of the molecule is C[S+]([O-])c1ccc(N2CCN(C(=O)OC(C)(C)C)CC2)c(F)c1. The summed E-state index contributed by atoms with van der Waals surface area (Å²) in [6.07, 6.45) is 1.18. The normalized spacial score (nSPS) is 17.1. The molecule has 1 unspecified atom stereocenters. The van der Waals surface area contributed by atoms with Crippen molar-refractivity contribution in [1.82, 2.24) is 4.90 Å². The van der Waals surface area contributed by atoms with Gasteiger partial charge in [-0.3, -0.25) is 0 Å². The third-order valence-corrected chi connectivity index (χ3v) is 4.44. The van der Waals surface area contributed by atoms with Crippen LogP contribution in [0.2, 0.25) is 0 Å². The van der Waals surface area contributed by atoms with Crippen LogP contribution in [0, 0.1) is 5.82 Å². The summed E-state index contributed by atoms with van der Waals surface area (Å²) in [5.74, 6) is -0.386. The lowest BCUT2D eigenvalue weighted by Gasteiger charge is -2.36. The number of benzene rings is 1. The van der Waals surface area contributed by atoms with Gasteiger partial charge in [-0.05, 0) is 44.1 Å². The number of halogens is 1. The van der Waals surface area contributed by atoms with Crippen LogP contribution in [0.4, 0.5) is 14.9 Å². The Morgan fingerprint density at radius 2 is 1.87 bits per heavy atom. The Bertz CT molecular complexity index is 567. The Morgan fingerprint density at radius 3 is 2.35 bits per heavy atom. The molecule has 1 aromatic rings. The summed E-state index contributed by atoms with van der Waals surface area (Å²) in [4.78, 5) is 16.0. The van der Waals surface area contributed by atoms with Crippen molar-refractivity contribution in [3.8, 4) is 0 Å². The highest BCUT2D eigenvalue weighted by Crippen LogP contribution is 2.24. The molecule has 0 N–H and O–H groups in total. The largest absolute Gasteiger partial charge is 0.612 e. The van der Waals surface area contributed by atoms with Gasteiger partial charge in [0.1, 0.15) is 11.9 Å². The molecule has 0 saturated carbocycles. The van der Waals surface area contributed by atoms with E-state index < -0.39 is 16.8 Å². The van der Waals surface area contributed by atoms with E-state index in [-0.39, 0.29) is 11.9 Å². The fourth-order valence-corrected chi connectivity index (χ4v) is 2.91. The molecule has 23 heavy (non-hydrogen) atoms. The van der Waals surface area contributed by atoms with Gasteiger partial charge in [0.05, 0.1) is 5.69 Å². The lowest BCUT2D eigenvalue weighted by Crippen LogP contribution is -2.50. The summed E-state index contributed by atoms with van der Waals surface area (Å²) in [7, 11) is 0. The van der Waals surface area contributed by atoms with Crippen molar-refractivity contribution >= 4 is 23.0 Å². The third-order valence-electron chi connectivity index (χ3n) is 3.52. The number of rotatable bonds is 2. The van der Waals surface area contributed by atoms with Crippen molar-refractivity contribution in [1.29, 1.82) is 0 Å². The van der Waals surface area contributed by atoms with Gasteiger partial charge in [0, 0.05) is 32.2 Å². The van der Waals surface area contributed by atoms with E-state index in [0.29, 0.717) is 36.8 Å². The van der Waals surface area contributed by atoms with Crippen molar-refractivity contribution in [2.24, 2.45) is 0 Å². The van der Waals surface area contributed by atoms with Crippen LogP contribution in [0.15, 0.2) is 23.1 Å². The second-order valence-electron chi connectivity index (χ2n) is 6.52. The summed E-state index contributed by atoms with van der Waals surface area (Å²) >= 11 is -1.20. The van der Waals surface area contributed by atoms with Gasteiger partial charge in [0.25, 0.3) is 0 Å². The monoisotopic (exact) mass is 342 g/mol. The molecule has 1 aromatic carbocycles. The molecular formula is C16H23FN2O3S. The summed E-state index contributed by atoms with van der Waals surface area (Å²) < 4.78 is 30.9. The van der Waals surface area contributed by atoms with Crippen LogP contribution in [0.1, 0.15) is 20.8 Å². The Hall–Kier alpha value is -1.47. The fraction of sp³-hybridized carbons (Fsp3) is 0.562. The highest BCUT2D eigenvalue weighted by atomic mass is 32.2. The zero-order valence-electron chi connectivity index (χ0n) is 14.0. The van der Waals surface area contributed by atoms with Crippen molar-refractivity contribution in [2.45, 2.75) is 31.3 Å². The Morgan fingerprint density at radius 1 is 1.26 bits per heavy atom. The molecule has 0 aromatic heterocycles. The number of carbonyl (C=O) groups is 1. The standard InChI is InChI=1S/C16H23FN2O3S/c1-16(2,3)22-15(20)19-9-7-18(8-10-19)14-6-5-12(23(4)21)11-13(14)17/h5-6,11H,7-10H2,1-4H3. The van der Waals surface area contributed by atoms with Crippen LogP contribution in [-0.4, -0.2) is 53.6 Å². The summed E-state index contributed by atoms with van der Waals surface area (Å²) in [6, 6.07) is 4.63. The first-order valence-corrected chi connectivity index (χ1v) is 9.09. The molecule has 0 radical (unpaired) electrons. The lowest BCUT2D eigenvalue weighted by atomic mass is 10.2. The molecule has 128 valence electrons. The van der Waals surface area contributed by atoms with Crippen LogP contribution in [0.25, 0.3) is 0 Å². The lowest BCUT2D eigenvalue weighted by molar-refractivity contribution is 0.0240. The zero-order chi connectivity index (χ0) is 17.2. The Labute approximate surface area is 139 Å². The van der Waals surface area contributed by atoms with Gasteiger partial charge < -0.3 is 19.1 Å². The van der Waals surface area contributed by atoms with Gasteiger partial charge in [-0.1, -0.05) is 0 Å². The molecule has 1 heterocycles. The first-order chi connectivity index (χ1) is 10.7. The fourth-order valence-electron chi connectivity index (χ4n) is 2.38. The molecule has 1 amide bonds. The number of piperazine rings is 1. The molecule has 1 saturated heterocycles. The number of ether oxygens (including phenoxy) is 1. The van der Waals surface area contributed by atoms with E-state index in [2.05, 4.69) is 0 Å². The van der Waals surface area contributed by atoms with Crippen LogP contribution in [0.5, 0.6) is 0 Å². The molecular weight excluding hydrogens is 319 g/mol. The van der Waals surface area contributed by atoms with Crippen molar-refractivity contribution in [3.05, 3.63) is 24.0 Å². The first kappa shape index (κ1) is 17.9. The topological polar surface area (TPSA) is 55.8 Å². The minimum atomic E-state index is -1.20. The predicted molar refractivity (Wildman–Crippen MR) is 88.8 cm³/mol. The molecule has 1 atom stereocenters. The maximum atomic E-state index is 14.2. The van der Waals surface area contributed by atoms with Crippen molar-refractivity contribution < 1.29 is 18.5 Å². The molecule has 1 aliphatic rings. The zero-order valence-corrected chi connectivity index (χ0v) is 14.8. The van der Waals surface area contributed by atoms with Crippen molar-refractivity contribution in [2.75, 3.05) is 37.3 Å². The number of anilines is 1. The maximum absolute atomic E-state index is 14.2. The van der Waals surface area contributed by atoms with E-state index in [9.17, 15) is 13.7 Å². The third kappa shape index (κ3) is 4.75. The average Bonchev–Trinajstić information content (AvgIpc) is 2.45. The van der Waals surface area contributed by atoms with Gasteiger partial charge in [0.2, 0.25) is 0 Å². The van der Waals surface area contributed by atoms with E-state index in [1.165, 1.54) is 12.3 Å². The number of amides is 1. The first-order valence-electron chi connectivity index (χ1n) is 7.53. The molecule has 1 fully saturated rings. The van der Waals surface area contributed by atoms with Crippen molar-refractivity contribution in [3.63, 3.8) is 0 Å². The maximum Gasteiger partial charge on any atom is 0.410 e. The summed E-state index contributed by atoms with van der Waals surface area (Å²) in [5, 5.41) is 0. The number of hydrogen-bond donors (Lipinski definition) is 0. The molecule has 1 aliphatic heterocycles. The van der Waals surface area contributed by atoms with Crippen LogP contribution >= 0.6 is 0 Å². The quantitative estimate of drug-likeness (QED) is 0.775.